The maximum Gasteiger partial charge on any atom is 0.119 e. The average molecular weight is 334 g/mol. The Balaban J connectivity index is 2.15. The summed E-state index contributed by atoms with van der Waals surface area (Å²) in [5.41, 5.74) is 9.98. The summed E-state index contributed by atoms with van der Waals surface area (Å²) in [6.07, 6.45) is 1.83. The van der Waals surface area contributed by atoms with Crippen molar-refractivity contribution in [2.24, 2.45) is 5.73 Å². The third kappa shape index (κ3) is 3.62. The van der Waals surface area contributed by atoms with Crippen molar-refractivity contribution < 1.29 is 4.74 Å². The average Bonchev–Trinajstić information content (AvgIpc) is 2.49. The van der Waals surface area contributed by atoms with Gasteiger partial charge in [-0.2, -0.15) is 0 Å². The predicted octanol–water partition coefficient (Wildman–Crippen LogP) is 4.26. The molecule has 2 nitrogen and oxygen atoms in total. The Labute approximate surface area is 129 Å². The molecule has 0 bridgehead atoms. The van der Waals surface area contributed by atoms with E-state index >= 15 is 0 Å². The van der Waals surface area contributed by atoms with Crippen molar-refractivity contribution in [2.75, 3.05) is 7.11 Å². The van der Waals surface area contributed by atoms with E-state index in [0.717, 1.165) is 34.2 Å². The molecule has 2 N–H and O–H groups in total. The fourth-order valence-electron chi connectivity index (χ4n) is 2.19. The van der Waals surface area contributed by atoms with E-state index in [-0.39, 0.29) is 6.04 Å². The number of aryl methyl sites for hydroxylation is 1. The van der Waals surface area contributed by atoms with Crippen LogP contribution in [-0.2, 0) is 12.8 Å². The number of methoxy groups -OCH3 is 1. The van der Waals surface area contributed by atoms with Crippen molar-refractivity contribution in [1.29, 1.82) is 0 Å². The van der Waals surface area contributed by atoms with Crippen LogP contribution >= 0.6 is 15.9 Å². The summed E-state index contributed by atoms with van der Waals surface area (Å²) in [4.78, 5) is 0. The lowest BCUT2D eigenvalue weighted by Crippen LogP contribution is -2.13. The number of halogens is 1. The van der Waals surface area contributed by atoms with Crippen molar-refractivity contribution in [3.05, 3.63) is 63.6 Å². The van der Waals surface area contributed by atoms with Crippen LogP contribution in [0.1, 0.15) is 29.7 Å². The fourth-order valence-corrected chi connectivity index (χ4v) is 2.60. The number of rotatable bonds is 5. The van der Waals surface area contributed by atoms with Gasteiger partial charge in [0.1, 0.15) is 5.75 Å². The van der Waals surface area contributed by atoms with Crippen molar-refractivity contribution in [1.82, 2.24) is 0 Å². The van der Waals surface area contributed by atoms with Crippen LogP contribution in [0.2, 0.25) is 0 Å². The molecule has 0 aliphatic rings. The molecule has 3 heteroatoms. The SMILES string of the molecule is CCc1ccc(C(N)Cc2cc(OC)ccc2Br)cc1. The summed E-state index contributed by atoms with van der Waals surface area (Å²) in [7, 11) is 1.68. The zero-order valence-corrected chi connectivity index (χ0v) is 13.5. The van der Waals surface area contributed by atoms with Gasteiger partial charge in [-0.1, -0.05) is 47.1 Å². The van der Waals surface area contributed by atoms with E-state index in [1.54, 1.807) is 7.11 Å². The Morgan fingerprint density at radius 1 is 1.15 bits per heavy atom. The van der Waals surface area contributed by atoms with Gasteiger partial charge in [-0.25, -0.2) is 0 Å². The second-order valence-corrected chi connectivity index (χ2v) is 5.72. The Bertz CT molecular complexity index is 566. The fraction of sp³-hybridized carbons (Fsp3) is 0.294. The molecule has 20 heavy (non-hydrogen) atoms. The van der Waals surface area contributed by atoms with E-state index in [4.69, 9.17) is 10.5 Å². The number of benzene rings is 2. The van der Waals surface area contributed by atoms with E-state index in [2.05, 4.69) is 47.1 Å². The van der Waals surface area contributed by atoms with Crippen LogP contribution in [0.4, 0.5) is 0 Å². The van der Waals surface area contributed by atoms with E-state index in [1.807, 2.05) is 18.2 Å². The number of hydrogen-bond acceptors (Lipinski definition) is 2. The van der Waals surface area contributed by atoms with E-state index in [1.165, 1.54) is 5.56 Å². The first-order valence-electron chi connectivity index (χ1n) is 6.81. The molecule has 106 valence electrons. The minimum atomic E-state index is -0.00990. The first-order valence-corrected chi connectivity index (χ1v) is 7.60. The number of nitrogens with two attached hydrogens (primary N) is 1. The first-order chi connectivity index (χ1) is 9.63. The number of hydrogen-bond donors (Lipinski definition) is 1. The van der Waals surface area contributed by atoms with E-state index < -0.39 is 0 Å². The molecule has 0 heterocycles. The van der Waals surface area contributed by atoms with Gasteiger partial charge in [0.25, 0.3) is 0 Å². The Morgan fingerprint density at radius 2 is 1.85 bits per heavy atom. The summed E-state index contributed by atoms with van der Waals surface area (Å²) in [6.45, 7) is 2.16. The molecule has 0 saturated carbocycles. The monoisotopic (exact) mass is 333 g/mol. The normalized spacial score (nSPS) is 12.2. The van der Waals surface area contributed by atoms with Crippen LogP contribution < -0.4 is 10.5 Å². The van der Waals surface area contributed by atoms with Crippen molar-refractivity contribution in [3.8, 4) is 5.75 Å². The highest BCUT2D eigenvalue weighted by Crippen LogP contribution is 2.26. The highest BCUT2D eigenvalue weighted by molar-refractivity contribution is 9.10. The van der Waals surface area contributed by atoms with Crippen molar-refractivity contribution in [2.45, 2.75) is 25.8 Å². The topological polar surface area (TPSA) is 35.2 Å². The smallest absolute Gasteiger partial charge is 0.119 e. The molecule has 0 aromatic heterocycles. The molecule has 0 amide bonds. The summed E-state index contributed by atoms with van der Waals surface area (Å²) < 4.78 is 6.33. The lowest BCUT2D eigenvalue weighted by Gasteiger charge is -2.14. The molecular formula is C17H20BrNO. The third-order valence-corrected chi connectivity index (χ3v) is 4.28. The summed E-state index contributed by atoms with van der Waals surface area (Å²) in [6, 6.07) is 14.5. The van der Waals surface area contributed by atoms with Gasteiger partial charge in [0.05, 0.1) is 7.11 Å². The lowest BCUT2D eigenvalue weighted by molar-refractivity contribution is 0.414. The molecule has 0 radical (unpaired) electrons. The third-order valence-electron chi connectivity index (χ3n) is 3.51. The number of ether oxygens (including phenoxy) is 1. The molecule has 2 rings (SSSR count). The van der Waals surface area contributed by atoms with Gasteiger partial charge < -0.3 is 10.5 Å². The van der Waals surface area contributed by atoms with Gasteiger partial charge in [-0.3, -0.25) is 0 Å². The van der Waals surface area contributed by atoms with E-state index in [9.17, 15) is 0 Å². The maximum absolute atomic E-state index is 6.32. The summed E-state index contributed by atoms with van der Waals surface area (Å²) in [5, 5.41) is 0. The second kappa shape index (κ2) is 6.91. The zero-order valence-electron chi connectivity index (χ0n) is 11.9. The minimum Gasteiger partial charge on any atom is -0.497 e. The largest absolute Gasteiger partial charge is 0.497 e. The summed E-state index contributed by atoms with van der Waals surface area (Å²) in [5.74, 6) is 0.858. The summed E-state index contributed by atoms with van der Waals surface area (Å²) >= 11 is 3.57. The standard InChI is InChI=1S/C17H20BrNO/c1-3-12-4-6-13(7-5-12)17(19)11-14-10-15(20-2)8-9-16(14)18/h4-10,17H,3,11,19H2,1-2H3. The highest BCUT2D eigenvalue weighted by Gasteiger charge is 2.10. The van der Waals surface area contributed by atoms with Crippen LogP contribution in [0.25, 0.3) is 0 Å². The molecule has 0 spiro atoms. The Kier molecular flexibility index (Phi) is 5.21. The molecule has 0 saturated heterocycles. The Hall–Kier alpha value is -1.32. The van der Waals surface area contributed by atoms with Gasteiger partial charge in [0.15, 0.2) is 0 Å². The maximum atomic E-state index is 6.32. The Morgan fingerprint density at radius 3 is 2.45 bits per heavy atom. The van der Waals surface area contributed by atoms with Crippen molar-refractivity contribution in [3.63, 3.8) is 0 Å². The lowest BCUT2D eigenvalue weighted by atomic mass is 9.98. The molecule has 1 atom stereocenters. The van der Waals surface area contributed by atoms with Crippen LogP contribution in [0.5, 0.6) is 5.75 Å². The molecule has 2 aromatic rings. The molecular weight excluding hydrogens is 314 g/mol. The minimum absolute atomic E-state index is 0.00990. The first kappa shape index (κ1) is 15.1. The highest BCUT2D eigenvalue weighted by atomic mass is 79.9. The predicted molar refractivity (Wildman–Crippen MR) is 87.1 cm³/mol. The van der Waals surface area contributed by atoms with E-state index in [0.29, 0.717) is 0 Å². The molecule has 0 aliphatic heterocycles. The molecule has 2 aromatic carbocycles. The molecule has 0 fully saturated rings. The quantitative estimate of drug-likeness (QED) is 0.887. The van der Waals surface area contributed by atoms with Gasteiger partial charge in [0.2, 0.25) is 0 Å². The van der Waals surface area contributed by atoms with Crippen LogP contribution in [0.3, 0.4) is 0 Å². The van der Waals surface area contributed by atoms with Gasteiger partial charge >= 0.3 is 0 Å². The van der Waals surface area contributed by atoms with Crippen LogP contribution in [-0.4, -0.2) is 7.11 Å². The van der Waals surface area contributed by atoms with Gasteiger partial charge in [-0.15, -0.1) is 0 Å². The van der Waals surface area contributed by atoms with Crippen LogP contribution in [0, 0.1) is 0 Å². The van der Waals surface area contributed by atoms with Gasteiger partial charge in [0, 0.05) is 10.5 Å². The van der Waals surface area contributed by atoms with Crippen LogP contribution in [0.15, 0.2) is 46.9 Å². The van der Waals surface area contributed by atoms with Gasteiger partial charge in [-0.05, 0) is 47.7 Å². The molecule has 0 aliphatic carbocycles. The van der Waals surface area contributed by atoms with Crippen molar-refractivity contribution >= 4 is 15.9 Å². The molecule has 1 unspecified atom stereocenters. The second-order valence-electron chi connectivity index (χ2n) is 4.86. The zero-order chi connectivity index (χ0) is 14.5.